The van der Waals surface area contributed by atoms with E-state index in [0.717, 1.165) is 23.2 Å². The summed E-state index contributed by atoms with van der Waals surface area (Å²) in [5.41, 5.74) is 0. The molecule has 1 aromatic heterocycles. The van der Waals surface area contributed by atoms with Crippen LogP contribution in [-0.2, 0) is 11.3 Å². The monoisotopic (exact) mass is 329 g/mol. The predicted molar refractivity (Wildman–Crippen MR) is 74.6 cm³/mol. The largest absolute Gasteiger partial charge is 0.481 e. The second-order valence-corrected chi connectivity index (χ2v) is 7.86. The Balaban J connectivity index is 1.66. The summed E-state index contributed by atoms with van der Waals surface area (Å²) in [5, 5.41) is 12.8. The van der Waals surface area contributed by atoms with E-state index < -0.39 is 5.97 Å². The molecule has 4 atom stereocenters. The Morgan fingerprint density at radius 2 is 2.22 bits per heavy atom. The molecule has 98 valence electrons. The van der Waals surface area contributed by atoms with Crippen molar-refractivity contribution >= 4 is 33.2 Å². The van der Waals surface area contributed by atoms with Crippen LogP contribution in [-0.4, -0.2) is 17.1 Å². The Bertz CT molecular complexity index is 462. The summed E-state index contributed by atoms with van der Waals surface area (Å²) in [7, 11) is 0. The molecule has 3 nitrogen and oxygen atoms in total. The highest BCUT2D eigenvalue weighted by Gasteiger charge is 2.50. The molecule has 2 aliphatic rings. The number of carbonyl (C=O) groups is 1. The van der Waals surface area contributed by atoms with Crippen molar-refractivity contribution < 1.29 is 9.90 Å². The molecule has 2 aliphatic carbocycles. The molecule has 0 saturated heterocycles. The fraction of sp³-hybridized carbons (Fsp3) is 0.615. The highest BCUT2D eigenvalue weighted by atomic mass is 79.9. The van der Waals surface area contributed by atoms with Crippen LogP contribution in [0.5, 0.6) is 0 Å². The number of nitrogens with one attached hydrogen (secondary N) is 1. The van der Waals surface area contributed by atoms with Gasteiger partial charge in [-0.3, -0.25) is 4.79 Å². The van der Waals surface area contributed by atoms with Gasteiger partial charge in [0.15, 0.2) is 0 Å². The van der Waals surface area contributed by atoms with E-state index in [1.54, 1.807) is 11.3 Å². The van der Waals surface area contributed by atoms with Crippen LogP contribution < -0.4 is 5.32 Å². The van der Waals surface area contributed by atoms with Crippen molar-refractivity contribution in [2.75, 3.05) is 0 Å². The van der Waals surface area contributed by atoms with Gasteiger partial charge in [-0.1, -0.05) is 0 Å². The maximum atomic E-state index is 11.4. The Morgan fingerprint density at radius 1 is 1.44 bits per heavy atom. The third kappa shape index (κ3) is 2.24. The fourth-order valence-corrected chi connectivity index (χ4v) is 5.04. The van der Waals surface area contributed by atoms with Crippen molar-refractivity contribution in [1.29, 1.82) is 0 Å². The minimum atomic E-state index is -0.618. The van der Waals surface area contributed by atoms with Gasteiger partial charge in [0.1, 0.15) is 0 Å². The van der Waals surface area contributed by atoms with Crippen LogP contribution in [0.1, 0.15) is 24.1 Å². The topological polar surface area (TPSA) is 49.3 Å². The van der Waals surface area contributed by atoms with Crippen molar-refractivity contribution in [3.05, 3.63) is 20.8 Å². The number of hydrogen-bond donors (Lipinski definition) is 2. The van der Waals surface area contributed by atoms with Gasteiger partial charge in [0.25, 0.3) is 0 Å². The minimum Gasteiger partial charge on any atom is -0.481 e. The van der Waals surface area contributed by atoms with E-state index in [1.807, 2.05) is 6.07 Å². The number of halogens is 1. The molecule has 2 bridgehead atoms. The molecule has 4 unspecified atom stereocenters. The summed E-state index contributed by atoms with van der Waals surface area (Å²) >= 11 is 5.16. The molecule has 1 heterocycles. The van der Waals surface area contributed by atoms with Crippen molar-refractivity contribution in [3.63, 3.8) is 0 Å². The van der Waals surface area contributed by atoms with Crippen LogP contribution in [0.15, 0.2) is 15.9 Å². The lowest BCUT2D eigenvalue weighted by atomic mass is 9.84. The maximum Gasteiger partial charge on any atom is 0.308 e. The van der Waals surface area contributed by atoms with E-state index in [2.05, 4.69) is 27.3 Å². The quantitative estimate of drug-likeness (QED) is 0.892. The molecule has 1 aromatic rings. The zero-order chi connectivity index (χ0) is 12.7. The molecular formula is C13H16BrNO2S. The van der Waals surface area contributed by atoms with Crippen LogP contribution in [0, 0.1) is 17.8 Å². The van der Waals surface area contributed by atoms with Crippen molar-refractivity contribution in [2.24, 2.45) is 17.8 Å². The molecular weight excluding hydrogens is 314 g/mol. The first kappa shape index (κ1) is 12.6. The number of fused-ring (bicyclic) bond motifs is 2. The van der Waals surface area contributed by atoms with Gasteiger partial charge in [-0.05, 0) is 59.2 Å². The molecule has 18 heavy (non-hydrogen) atoms. The van der Waals surface area contributed by atoms with E-state index in [9.17, 15) is 9.90 Å². The number of hydrogen-bond acceptors (Lipinski definition) is 3. The summed E-state index contributed by atoms with van der Waals surface area (Å²) < 4.78 is 1.13. The Kier molecular flexibility index (Phi) is 3.47. The van der Waals surface area contributed by atoms with Crippen LogP contribution in [0.25, 0.3) is 0 Å². The molecule has 2 fully saturated rings. The zero-order valence-electron chi connectivity index (χ0n) is 9.93. The maximum absolute atomic E-state index is 11.4. The van der Waals surface area contributed by atoms with Gasteiger partial charge < -0.3 is 10.4 Å². The standard InChI is InChI=1S/C13H16BrNO2S/c14-10-4-3-9(18-10)6-15-12-8-2-1-7(5-8)11(12)13(16)17/h3-4,7-8,11-12,15H,1-2,5-6H2,(H,16,17). The molecule has 0 aliphatic heterocycles. The van der Waals surface area contributed by atoms with Gasteiger partial charge in [0.05, 0.1) is 9.70 Å². The SMILES string of the molecule is O=C(O)C1C2CCC(C2)C1NCc1ccc(Br)s1. The third-order valence-electron chi connectivity index (χ3n) is 4.34. The number of carboxylic acid groups (broad SMARTS) is 1. The van der Waals surface area contributed by atoms with Crippen molar-refractivity contribution in [1.82, 2.24) is 5.32 Å². The van der Waals surface area contributed by atoms with Gasteiger partial charge in [0, 0.05) is 17.5 Å². The molecule has 0 radical (unpaired) electrons. The first-order valence-corrected chi connectivity index (χ1v) is 7.96. The second-order valence-electron chi connectivity index (χ2n) is 5.31. The fourth-order valence-electron chi connectivity index (χ4n) is 3.61. The number of aliphatic carboxylic acids is 1. The van der Waals surface area contributed by atoms with Gasteiger partial charge in [0.2, 0.25) is 0 Å². The second kappa shape index (κ2) is 4.94. The lowest BCUT2D eigenvalue weighted by molar-refractivity contribution is -0.144. The molecule has 0 aromatic carbocycles. The molecule has 0 spiro atoms. The third-order valence-corrected chi connectivity index (χ3v) is 5.97. The highest BCUT2D eigenvalue weighted by molar-refractivity contribution is 9.11. The van der Waals surface area contributed by atoms with Crippen LogP contribution in [0.4, 0.5) is 0 Å². The smallest absolute Gasteiger partial charge is 0.308 e. The highest BCUT2D eigenvalue weighted by Crippen LogP contribution is 2.48. The summed E-state index contributed by atoms with van der Waals surface area (Å²) in [6, 6.07) is 4.30. The molecule has 3 rings (SSSR count). The van der Waals surface area contributed by atoms with Crippen LogP contribution in [0.2, 0.25) is 0 Å². The van der Waals surface area contributed by atoms with Gasteiger partial charge in [-0.25, -0.2) is 0 Å². The summed E-state index contributed by atoms with van der Waals surface area (Å²) in [6.07, 6.45) is 3.40. The van der Waals surface area contributed by atoms with E-state index in [-0.39, 0.29) is 12.0 Å². The average Bonchev–Trinajstić information content (AvgIpc) is 3.00. The van der Waals surface area contributed by atoms with Crippen LogP contribution in [0.3, 0.4) is 0 Å². The van der Waals surface area contributed by atoms with E-state index in [0.29, 0.717) is 11.8 Å². The molecule has 2 N–H and O–H groups in total. The van der Waals surface area contributed by atoms with E-state index in [4.69, 9.17) is 0 Å². The predicted octanol–water partition coefficient (Wildman–Crippen LogP) is 3.10. The minimum absolute atomic E-state index is 0.169. The van der Waals surface area contributed by atoms with Gasteiger partial charge in [-0.15, -0.1) is 11.3 Å². The average molecular weight is 330 g/mol. The van der Waals surface area contributed by atoms with Crippen LogP contribution >= 0.6 is 27.3 Å². The number of rotatable bonds is 4. The van der Waals surface area contributed by atoms with E-state index in [1.165, 1.54) is 11.3 Å². The first-order valence-electron chi connectivity index (χ1n) is 6.35. The Labute approximate surface area is 119 Å². The summed E-state index contributed by atoms with van der Waals surface area (Å²) in [4.78, 5) is 12.6. The Hall–Kier alpha value is -0.390. The summed E-state index contributed by atoms with van der Waals surface area (Å²) in [5.74, 6) is 0.179. The normalized spacial score (nSPS) is 34.1. The summed E-state index contributed by atoms with van der Waals surface area (Å²) in [6.45, 7) is 0.786. The molecule has 2 saturated carbocycles. The lowest BCUT2D eigenvalue weighted by Crippen LogP contribution is -2.43. The van der Waals surface area contributed by atoms with Crippen molar-refractivity contribution in [2.45, 2.75) is 31.8 Å². The Morgan fingerprint density at radius 3 is 2.89 bits per heavy atom. The zero-order valence-corrected chi connectivity index (χ0v) is 12.3. The molecule has 0 amide bonds. The molecule has 5 heteroatoms. The number of carboxylic acids is 1. The van der Waals surface area contributed by atoms with E-state index >= 15 is 0 Å². The first-order chi connectivity index (χ1) is 8.65. The van der Waals surface area contributed by atoms with Crippen molar-refractivity contribution in [3.8, 4) is 0 Å². The lowest BCUT2D eigenvalue weighted by Gasteiger charge is -2.28. The number of thiophene rings is 1. The van der Waals surface area contributed by atoms with Gasteiger partial charge >= 0.3 is 5.97 Å². The van der Waals surface area contributed by atoms with Gasteiger partial charge in [-0.2, -0.15) is 0 Å².